The van der Waals surface area contributed by atoms with Gasteiger partial charge in [0.2, 0.25) is 0 Å². The second-order valence-electron chi connectivity index (χ2n) is 2.32. The largest absolute Gasteiger partial charge is 0.481 e. The highest BCUT2D eigenvalue weighted by Crippen LogP contribution is 2.02. The normalized spacial score (nSPS) is 9.07. The smallest absolute Gasteiger partial charge is 0.313 e. The van der Waals surface area contributed by atoms with Crippen LogP contribution in [0.5, 0.6) is 0 Å². The van der Waals surface area contributed by atoms with Gasteiger partial charge in [0, 0.05) is 13.2 Å². The van der Waals surface area contributed by atoms with Crippen molar-refractivity contribution in [2.75, 3.05) is 30.5 Å². The minimum Gasteiger partial charge on any atom is -0.481 e. The Hall–Kier alpha value is 0.0900. The van der Waals surface area contributed by atoms with Crippen molar-refractivity contribution in [3.05, 3.63) is 0 Å². The van der Waals surface area contributed by atoms with Gasteiger partial charge in [-0.15, -0.1) is 0 Å². The number of carboxylic acid groups (broad SMARTS) is 1. The molecule has 0 aromatic heterocycles. The molecule has 0 radical (unpaired) electrons. The molecule has 0 aliphatic carbocycles. The maximum atomic E-state index is 9.29. The van der Waals surface area contributed by atoms with E-state index in [0.29, 0.717) is 0 Å². The van der Waals surface area contributed by atoms with E-state index in [-0.39, 0.29) is 19.0 Å². The number of carboxylic acids is 1. The van der Waals surface area contributed by atoms with Crippen molar-refractivity contribution >= 4 is 30.4 Å². The number of aliphatic carboxylic acids is 1. The fraction of sp³-hybridized carbons (Fsp3) is 0.875. The summed E-state index contributed by atoms with van der Waals surface area (Å²) in [5.74, 6) is 1.06. The minimum absolute atomic E-state index is 0.0833. The van der Waals surface area contributed by atoms with Crippen LogP contribution < -0.4 is 0 Å². The molecule has 0 atom stereocenters. The number of hydrogen-bond donors (Lipinski definition) is 4. The summed E-state index contributed by atoms with van der Waals surface area (Å²) in [7, 11) is 0. The van der Waals surface area contributed by atoms with Gasteiger partial charge in [-0.25, -0.2) is 0 Å². The van der Waals surface area contributed by atoms with E-state index in [4.69, 9.17) is 15.3 Å². The molecule has 0 aliphatic rings. The van der Waals surface area contributed by atoms with E-state index in [0.717, 1.165) is 24.3 Å². The van der Waals surface area contributed by atoms with E-state index in [9.17, 15) is 4.79 Å². The standard InChI is InChI=1S/C6H14O2S.C2H4O2S/c7-3-1-5-9-6-2-4-8;3-2(4)1-5/h7-8H,1-6H2;5H,1H2,(H,3,4). The maximum absolute atomic E-state index is 9.29. The van der Waals surface area contributed by atoms with E-state index in [1.807, 2.05) is 0 Å². The Morgan fingerprint density at radius 3 is 1.71 bits per heavy atom. The lowest BCUT2D eigenvalue weighted by atomic mass is 10.5. The first-order valence-corrected chi connectivity index (χ1v) is 6.09. The molecular formula is C8H18O4S2. The Morgan fingerprint density at radius 1 is 1.14 bits per heavy atom. The second-order valence-corrected chi connectivity index (χ2v) is 3.86. The molecule has 14 heavy (non-hydrogen) atoms. The molecule has 3 N–H and O–H groups in total. The van der Waals surface area contributed by atoms with Crippen molar-refractivity contribution in [2.45, 2.75) is 12.8 Å². The number of aliphatic hydroxyl groups excluding tert-OH is 2. The highest BCUT2D eigenvalue weighted by Gasteiger charge is 1.86. The topological polar surface area (TPSA) is 77.8 Å². The summed E-state index contributed by atoms with van der Waals surface area (Å²) in [5.41, 5.74) is 0. The molecule has 0 heterocycles. The zero-order valence-electron chi connectivity index (χ0n) is 8.06. The average Bonchev–Trinajstić information content (AvgIpc) is 2.19. The third kappa shape index (κ3) is 22.7. The monoisotopic (exact) mass is 242 g/mol. The fourth-order valence-electron chi connectivity index (χ4n) is 0.435. The number of thioether (sulfide) groups is 1. The Kier molecular flexibility index (Phi) is 18.4. The van der Waals surface area contributed by atoms with Crippen molar-refractivity contribution in [3.63, 3.8) is 0 Å². The summed E-state index contributed by atoms with van der Waals surface area (Å²) in [5, 5.41) is 24.4. The summed E-state index contributed by atoms with van der Waals surface area (Å²) in [6.07, 6.45) is 1.74. The first-order chi connectivity index (χ1) is 6.68. The molecule has 0 saturated heterocycles. The molecule has 0 saturated carbocycles. The van der Waals surface area contributed by atoms with E-state index >= 15 is 0 Å². The molecule has 0 amide bonds. The maximum Gasteiger partial charge on any atom is 0.313 e. The Bertz CT molecular complexity index is 116. The molecule has 0 spiro atoms. The van der Waals surface area contributed by atoms with Gasteiger partial charge in [-0.2, -0.15) is 24.4 Å². The van der Waals surface area contributed by atoms with Crippen LogP contribution in [-0.2, 0) is 4.79 Å². The van der Waals surface area contributed by atoms with E-state index in [2.05, 4.69) is 12.6 Å². The van der Waals surface area contributed by atoms with Gasteiger partial charge in [0.05, 0.1) is 5.75 Å². The minimum atomic E-state index is -0.881. The fourth-order valence-corrected chi connectivity index (χ4v) is 1.31. The number of rotatable bonds is 7. The molecule has 4 nitrogen and oxygen atoms in total. The molecule has 6 heteroatoms. The SMILES string of the molecule is O=C(O)CS.OCCCSCCCO. The van der Waals surface area contributed by atoms with Crippen LogP contribution in [-0.4, -0.2) is 51.8 Å². The molecule has 0 aromatic carbocycles. The van der Waals surface area contributed by atoms with Crippen molar-refractivity contribution < 1.29 is 20.1 Å². The quantitative estimate of drug-likeness (QED) is 0.386. The van der Waals surface area contributed by atoms with Crippen LogP contribution >= 0.6 is 24.4 Å². The third-order valence-corrected chi connectivity index (χ3v) is 2.45. The predicted octanol–water partition coefficient (Wildman–Crippen LogP) is 0.485. The van der Waals surface area contributed by atoms with Crippen LogP contribution in [0.2, 0.25) is 0 Å². The molecule has 0 rings (SSSR count). The lowest BCUT2D eigenvalue weighted by molar-refractivity contribution is -0.133. The van der Waals surface area contributed by atoms with Gasteiger partial charge in [-0.1, -0.05) is 0 Å². The van der Waals surface area contributed by atoms with E-state index < -0.39 is 5.97 Å². The van der Waals surface area contributed by atoms with E-state index in [1.165, 1.54) is 0 Å². The molecule has 0 fully saturated rings. The molecule has 0 unspecified atom stereocenters. The lowest BCUT2D eigenvalue weighted by Gasteiger charge is -1.95. The summed E-state index contributed by atoms with van der Waals surface area (Å²) >= 11 is 5.20. The lowest BCUT2D eigenvalue weighted by Crippen LogP contribution is -1.92. The first-order valence-electron chi connectivity index (χ1n) is 4.31. The van der Waals surface area contributed by atoms with Gasteiger partial charge >= 0.3 is 5.97 Å². The van der Waals surface area contributed by atoms with Gasteiger partial charge in [-0.05, 0) is 24.3 Å². The molecule has 0 aliphatic heterocycles. The number of hydrogen-bond acceptors (Lipinski definition) is 5. The Balaban J connectivity index is 0. The molecule has 0 aromatic rings. The number of carbonyl (C=O) groups is 1. The number of aliphatic hydroxyl groups is 2. The van der Waals surface area contributed by atoms with Crippen LogP contribution in [0.25, 0.3) is 0 Å². The Morgan fingerprint density at radius 2 is 1.50 bits per heavy atom. The highest BCUT2D eigenvalue weighted by atomic mass is 32.2. The second kappa shape index (κ2) is 15.6. The average molecular weight is 242 g/mol. The first kappa shape index (κ1) is 16.5. The van der Waals surface area contributed by atoms with Crippen molar-refractivity contribution in [3.8, 4) is 0 Å². The van der Waals surface area contributed by atoms with Crippen molar-refractivity contribution in [2.24, 2.45) is 0 Å². The van der Waals surface area contributed by atoms with Crippen LogP contribution in [0, 0.1) is 0 Å². The number of thiol groups is 1. The zero-order chi connectivity index (χ0) is 11.2. The molecule has 86 valence electrons. The zero-order valence-corrected chi connectivity index (χ0v) is 9.77. The van der Waals surface area contributed by atoms with Gasteiger partial charge < -0.3 is 15.3 Å². The van der Waals surface area contributed by atoms with Gasteiger partial charge in [0.25, 0.3) is 0 Å². The summed E-state index contributed by atoms with van der Waals surface area (Å²) < 4.78 is 0. The van der Waals surface area contributed by atoms with Crippen LogP contribution in [0.3, 0.4) is 0 Å². The summed E-state index contributed by atoms with van der Waals surface area (Å²) in [4.78, 5) is 9.29. The highest BCUT2D eigenvalue weighted by molar-refractivity contribution is 7.99. The molecule has 0 bridgehead atoms. The van der Waals surface area contributed by atoms with Gasteiger partial charge in [0.1, 0.15) is 0 Å². The van der Waals surface area contributed by atoms with Crippen molar-refractivity contribution in [1.82, 2.24) is 0 Å². The summed E-state index contributed by atoms with van der Waals surface area (Å²) in [6.45, 7) is 0.568. The van der Waals surface area contributed by atoms with Crippen LogP contribution in [0.4, 0.5) is 0 Å². The van der Waals surface area contributed by atoms with Gasteiger partial charge in [-0.3, -0.25) is 4.79 Å². The van der Waals surface area contributed by atoms with E-state index in [1.54, 1.807) is 11.8 Å². The van der Waals surface area contributed by atoms with Crippen molar-refractivity contribution in [1.29, 1.82) is 0 Å². The van der Waals surface area contributed by atoms with Crippen LogP contribution in [0.1, 0.15) is 12.8 Å². The van der Waals surface area contributed by atoms with Gasteiger partial charge in [0.15, 0.2) is 0 Å². The molecular weight excluding hydrogens is 224 g/mol. The van der Waals surface area contributed by atoms with Crippen LogP contribution in [0.15, 0.2) is 0 Å². The third-order valence-electron chi connectivity index (χ3n) is 1.03. The summed E-state index contributed by atoms with van der Waals surface area (Å²) in [6, 6.07) is 0. The predicted molar refractivity (Wildman–Crippen MR) is 62.2 cm³/mol. The Labute approximate surface area is 94.1 Å².